The fourth-order valence-corrected chi connectivity index (χ4v) is 1.60. The zero-order valence-electron chi connectivity index (χ0n) is 10.4. The van der Waals surface area contributed by atoms with Gasteiger partial charge in [-0.05, 0) is 19.4 Å². The molecule has 0 aliphatic rings. The summed E-state index contributed by atoms with van der Waals surface area (Å²) in [4.78, 5) is 8.95. The average Bonchev–Trinajstić information content (AvgIpc) is 2.76. The van der Waals surface area contributed by atoms with Gasteiger partial charge in [0, 0.05) is 31.5 Å². The van der Waals surface area contributed by atoms with E-state index in [4.69, 9.17) is 0 Å². The van der Waals surface area contributed by atoms with Gasteiger partial charge in [-0.3, -0.25) is 4.68 Å². The van der Waals surface area contributed by atoms with Gasteiger partial charge in [-0.2, -0.15) is 5.10 Å². The van der Waals surface area contributed by atoms with Gasteiger partial charge in [-0.15, -0.1) is 0 Å². The third-order valence-electron chi connectivity index (χ3n) is 2.44. The van der Waals surface area contributed by atoms with E-state index in [1.165, 1.54) is 0 Å². The predicted molar refractivity (Wildman–Crippen MR) is 67.8 cm³/mol. The minimum Gasteiger partial charge on any atom is -0.370 e. The molecule has 0 saturated carbocycles. The first-order valence-electron chi connectivity index (χ1n) is 5.84. The Morgan fingerprint density at radius 1 is 1.29 bits per heavy atom. The van der Waals surface area contributed by atoms with Crippen molar-refractivity contribution in [2.24, 2.45) is 7.05 Å². The summed E-state index contributed by atoms with van der Waals surface area (Å²) in [6, 6.07) is 3.90. The van der Waals surface area contributed by atoms with Crippen LogP contribution in [0.3, 0.4) is 0 Å². The number of nitrogens with one attached hydrogen (secondary N) is 1. The van der Waals surface area contributed by atoms with Crippen molar-refractivity contribution in [3.63, 3.8) is 0 Å². The highest BCUT2D eigenvalue weighted by Gasteiger charge is 2.08. The average molecular weight is 231 g/mol. The Morgan fingerprint density at radius 3 is 2.71 bits per heavy atom. The van der Waals surface area contributed by atoms with E-state index in [9.17, 15) is 0 Å². The van der Waals surface area contributed by atoms with Crippen LogP contribution in [0.5, 0.6) is 0 Å². The van der Waals surface area contributed by atoms with Gasteiger partial charge in [0.05, 0.1) is 0 Å². The van der Waals surface area contributed by atoms with Crippen LogP contribution < -0.4 is 5.32 Å². The van der Waals surface area contributed by atoms with Crippen molar-refractivity contribution < 1.29 is 0 Å². The lowest BCUT2D eigenvalue weighted by molar-refractivity contribution is 0.768. The normalized spacial score (nSPS) is 10.5. The first-order valence-corrected chi connectivity index (χ1v) is 5.84. The van der Waals surface area contributed by atoms with E-state index in [1.807, 2.05) is 32.3 Å². The van der Waals surface area contributed by atoms with Gasteiger partial charge in [0.1, 0.15) is 11.5 Å². The van der Waals surface area contributed by atoms with Crippen molar-refractivity contribution >= 4 is 5.82 Å². The zero-order chi connectivity index (χ0) is 12.3. The van der Waals surface area contributed by atoms with Gasteiger partial charge >= 0.3 is 0 Å². The van der Waals surface area contributed by atoms with Gasteiger partial charge in [-0.1, -0.05) is 6.92 Å². The first-order chi connectivity index (χ1) is 8.22. The van der Waals surface area contributed by atoms with E-state index >= 15 is 0 Å². The van der Waals surface area contributed by atoms with Gasteiger partial charge in [-0.25, -0.2) is 9.97 Å². The van der Waals surface area contributed by atoms with Crippen molar-refractivity contribution in [3.8, 4) is 11.5 Å². The molecule has 2 aromatic rings. The van der Waals surface area contributed by atoms with Crippen molar-refractivity contribution in [3.05, 3.63) is 24.0 Å². The van der Waals surface area contributed by atoms with Crippen LogP contribution in [0.4, 0.5) is 5.82 Å². The maximum Gasteiger partial charge on any atom is 0.182 e. The number of rotatable bonds is 4. The minimum atomic E-state index is 0.681. The third-order valence-corrected chi connectivity index (χ3v) is 2.44. The van der Waals surface area contributed by atoms with Crippen LogP contribution >= 0.6 is 0 Å². The molecule has 1 N–H and O–H groups in total. The number of nitrogens with zero attached hydrogens (tertiary/aromatic N) is 4. The Balaban J connectivity index is 2.42. The van der Waals surface area contributed by atoms with Gasteiger partial charge in [0.2, 0.25) is 0 Å². The molecule has 2 aromatic heterocycles. The van der Waals surface area contributed by atoms with E-state index in [0.29, 0.717) is 5.82 Å². The third kappa shape index (κ3) is 2.61. The standard InChI is InChI=1S/C12H17N5/c1-4-9-8-11(13-5-2)15-12(14-9)10-6-7-17(3)16-10/h6-8H,4-5H2,1-3H3,(H,13,14,15). The lowest BCUT2D eigenvalue weighted by Gasteiger charge is -2.06. The predicted octanol–water partition coefficient (Wildman–Crippen LogP) is 1.87. The highest BCUT2D eigenvalue weighted by molar-refractivity contribution is 5.52. The van der Waals surface area contributed by atoms with Crippen LogP contribution in [-0.4, -0.2) is 26.3 Å². The maximum atomic E-state index is 4.49. The molecule has 0 atom stereocenters. The van der Waals surface area contributed by atoms with Crippen molar-refractivity contribution in [1.82, 2.24) is 19.7 Å². The molecule has 0 bridgehead atoms. The van der Waals surface area contributed by atoms with Crippen molar-refractivity contribution in [2.75, 3.05) is 11.9 Å². The number of hydrogen-bond donors (Lipinski definition) is 1. The highest BCUT2D eigenvalue weighted by Crippen LogP contribution is 2.16. The van der Waals surface area contributed by atoms with Crippen molar-refractivity contribution in [2.45, 2.75) is 20.3 Å². The molecule has 0 unspecified atom stereocenters. The molecule has 0 aliphatic carbocycles. The summed E-state index contributed by atoms with van der Waals surface area (Å²) in [5.41, 5.74) is 1.83. The van der Waals surface area contributed by atoms with Crippen LogP contribution in [0.25, 0.3) is 11.5 Å². The SMILES string of the molecule is CCNc1cc(CC)nc(-c2ccn(C)n2)n1. The van der Waals surface area contributed by atoms with Gasteiger partial charge < -0.3 is 5.32 Å². The molecule has 0 radical (unpaired) electrons. The molecule has 0 aliphatic heterocycles. The maximum absolute atomic E-state index is 4.49. The Bertz CT molecular complexity index is 503. The monoisotopic (exact) mass is 231 g/mol. The second-order valence-corrected chi connectivity index (χ2v) is 3.83. The Labute approximate surface area is 101 Å². The Morgan fingerprint density at radius 2 is 2.12 bits per heavy atom. The smallest absolute Gasteiger partial charge is 0.182 e. The fourth-order valence-electron chi connectivity index (χ4n) is 1.60. The summed E-state index contributed by atoms with van der Waals surface area (Å²) in [6.07, 6.45) is 2.78. The molecule has 5 nitrogen and oxygen atoms in total. The lowest BCUT2D eigenvalue weighted by Crippen LogP contribution is -2.04. The van der Waals surface area contributed by atoms with E-state index in [1.54, 1.807) is 4.68 Å². The van der Waals surface area contributed by atoms with Crippen molar-refractivity contribution in [1.29, 1.82) is 0 Å². The lowest BCUT2D eigenvalue weighted by atomic mass is 10.3. The largest absolute Gasteiger partial charge is 0.370 e. The molecular weight excluding hydrogens is 214 g/mol. The molecule has 2 rings (SSSR count). The summed E-state index contributed by atoms with van der Waals surface area (Å²) in [5, 5.41) is 7.53. The molecule has 0 fully saturated rings. The minimum absolute atomic E-state index is 0.681. The van der Waals surface area contributed by atoms with Crippen LogP contribution in [0.1, 0.15) is 19.5 Å². The van der Waals surface area contributed by atoms with Crippen LogP contribution in [0, 0.1) is 0 Å². The molecule has 17 heavy (non-hydrogen) atoms. The molecule has 0 saturated heterocycles. The van der Waals surface area contributed by atoms with Crippen LogP contribution in [-0.2, 0) is 13.5 Å². The van der Waals surface area contributed by atoms with E-state index in [0.717, 1.165) is 30.2 Å². The van der Waals surface area contributed by atoms with Gasteiger partial charge in [0.25, 0.3) is 0 Å². The Hall–Kier alpha value is -1.91. The van der Waals surface area contributed by atoms with Gasteiger partial charge in [0.15, 0.2) is 5.82 Å². The summed E-state index contributed by atoms with van der Waals surface area (Å²) in [7, 11) is 1.89. The fraction of sp³-hybridized carbons (Fsp3) is 0.417. The van der Waals surface area contributed by atoms with E-state index < -0.39 is 0 Å². The second kappa shape index (κ2) is 4.95. The van der Waals surface area contributed by atoms with Crippen LogP contribution in [0.15, 0.2) is 18.3 Å². The molecule has 0 aromatic carbocycles. The van der Waals surface area contributed by atoms with E-state index in [-0.39, 0.29) is 0 Å². The topological polar surface area (TPSA) is 55.6 Å². The number of anilines is 1. The number of aryl methyl sites for hydroxylation is 2. The number of hydrogen-bond acceptors (Lipinski definition) is 4. The summed E-state index contributed by atoms with van der Waals surface area (Å²) in [5.74, 6) is 1.54. The summed E-state index contributed by atoms with van der Waals surface area (Å²) >= 11 is 0. The molecule has 90 valence electrons. The molecule has 2 heterocycles. The molecule has 5 heteroatoms. The summed E-state index contributed by atoms with van der Waals surface area (Å²) in [6.45, 7) is 4.98. The summed E-state index contributed by atoms with van der Waals surface area (Å²) < 4.78 is 1.75. The highest BCUT2D eigenvalue weighted by atomic mass is 15.3. The van der Waals surface area contributed by atoms with Crippen LogP contribution in [0.2, 0.25) is 0 Å². The zero-order valence-corrected chi connectivity index (χ0v) is 10.4. The number of aromatic nitrogens is 4. The quantitative estimate of drug-likeness (QED) is 0.872. The Kier molecular flexibility index (Phi) is 3.37. The van der Waals surface area contributed by atoms with E-state index in [2.05, 4.69) is 27.3 Å². The second-order valence-electron chi connectivity index (χ2n) is 3.83. The first kappa shape index (κ1) is 11.6. The molecule has 0 amide bonds. The molecular formula is C12H17N5. The molecule has 0 spiro atoms.